The van der Waals surface area contributed by atoms with E-state index in [4.69, 9.17) is 5.73 Å². The molecule has 0 aliphatic heterocycles. The highest BCUT2D eigenvalue weighted by atomic mass is 32.2. The molecule has 1 rings (SSSR count). The van der Waals surface area contributed by atoms with Crippen LogP contribution in [0.2, 0.25) is 0 Å². The third kappa shape index (κ3) is 5.82. The minimum absolute atomic E-state index is 0.242. The molecule has 3 N–H and O–H groups in total. The van der Waals surface area contributed by atoms with Gasteiger partial charge in [0.15, 0.2) is 0 Å². The van der Waals surface area contributed by atoms with Gasteiger partial charge in [0.05, 0.1) is 4.90 Å². The van der Waals surface area contributed by atoms with Crippen LogP contribution >= 0.6 is 0 Å². The number of nitrogens with one attached hydrogen (secondary N) is 1. The van der Waals surface area contributed by atoms with E-state index in [-0.39, 0.29) is 4.90 Å². The zero-order chi connectivity index (χ0) is 14.3. The van der Waals surface area contributed by atoms with Crippen LogP contribution in [0.25, 0.3) is 0 Å². The molecule has 0 radical (unpaired) electrons. The van der Waals surface area contributed by atoms with Crippen molar-refractivity contribution < 1.29 is 12.6 Å². The van der Waals surface area contributed by atoms with Crippen molar-refractivity contribution in [3.8, 4) is 0 Å². The monoisotopic (exact) mass is 304 g/mol. The first-order chi connectivity index (χ1) is 8.95. The number of hydrogen-bond acceptors (Lipinski definition) is 4. The molecule has 108 valence electrons. The van der Waals surface area contributed by atoms with Gasteiger partial charge in [-0.25, -0.2) is 13.1 Å². The minimum atomic E-state index is -3.47. The standard InChI is InChI=1S/C12H20N2O3S2/c1-18(15)10-2-9-14-19(16,17)12-5-3-11(4-6-12)7-8-13/h3-6,14H,2,7-10,13H2,1H3. The van der Waals surface area contributed by atoms with Crippen molar-refractivity contribution in [1.82, 2.24) is 4.72 Å². The number of benzene rings is 1. The van der Waals surface area contributed by atoms with Gasteiger partial charge in [0.2, 0.25) is 10.0 Å². The molecule has 19 heavy (non-hydrogen) atoms. The van der Waals surface area contributed by atoms with Gasteiger partial charge < -0.3 is 5.73 Å². The van der Waals surface area contributed by atoms with E-state index < -0.39 is 20.8 Å². The molecular formula is C12H20N2O3S2. The van der Waals surface area contributed by atoms with E-state index in [0.717, 1.165) is 12.0 Å². The molecule has 0 aromatic heterocycles. The lowest BCUT2D eigenvalue weighted by Gasteiger charge is -2.07. The Hall–Kier alpha value is -0.760. The van der Waals surface area contributed by atoms with Gasteiger partial charge in [-0.15, -0.1) is 0 Å². The Morgan fingerprint density at radius 2 is 1.89 bits per heavy atom. The van der Waals surface area contributed by atoms with Gasteiger partial charge in [0.25, 0.3) is 0 Å². The van der Waals surface area contributed by atoms with E-state index in [2.05, 4.69) is 4.72 Å². The summed E-state index contributed by atoms with van der Waals surface area (Å²) >= 11 is 0. The molecule has 0 heterocycles. The SMILES string of the molecule is CS(=O)CCCNS(=O)(=O)c1ccc(CCN)cc1. The van der Waals surface area contributed by atoms with Crippen LogP contribution in [0.3, 0.4) is 0 Å². The van der Waals surface area contributed by atoms with E-state index >= 15 is 0 Å². The predicted molar refractivity (Wildman–Crippen MR) is 77.9 cm³/mol. The minimum Gasteiger partial charge on any atom is -0.330 e. The van der Waals surface area contributed by atoms with Gasteiger partial charge in [-0.3, -0.25) is 4.21 Å². The molecule has 1 unspecified atom stereocenters. The molecule has 0 saturated heterocycles. The van der Waals surface area contributed by atoms with E-state index in [0.29, 0.717) is 25.3 Å². The lowest BCUT2D eigenvalue weighted by molar-refractivity contribution is 0.580. The Balaban J connectivity index is 2.59. The molecule has 0 aliphatic rings. The first kappa shape index (κ1) is 16.3. The van der Waals surface area contributed by atoms with Crippen LogP contribution in [0.5, 0.6) is 0 Å². The third-order valence-corrected chi connectivity index (χ3v) is 4.91. The van der Waals surface area contributed by atoms with Gasteiger partial charge >= 0.3 is 0 Å². The van der Waals surface area contributed by atoms with Crippen molar-refractivity contribution in [2.24, 2.45) is 5.73 Å². The van der Waals surface area contributed by atoms with Crippen LogP contribution in [0, 0.1) is 0 Å². The second kappa shape index (κ2) is 7.74. The van der Waals surface area contributed by atoms with Crippen LogP contribution in [-0.4, -0.2) is 37.7 Å². The lowest BCUT2D eigenvalue weighted by Crippen LogP contribution is -2.25. The molecule has 0 fully saturated rings. The van der Waals surface area contributed by atoms with Gasteiger partial charge in [0.1, 0.15) is 0 Å². The largest absolute Gasteiger partial charge is 0.330 e. The Bertz CT molecular complexity index is 512. The van der Waals surface area contributed by atoms with Gasteiger partial charge in [0, 0.05) is 29.4 Å². The lowest BCUT2D eigenvalue weighted by atomic mass is 10.2. The van der Waals surface area contributed by atoms with Gasteiger partial charge in [-0.2, -0.15) is 0 Å². The molecule has 0 bridgehead atoms. The van der Waals surface area contributed by atoms with E-state index in [1.165, 1.54) is 0 Å². The molecule has 1 aromatic rings. The third-order valence-electron chi connectivity index (χ3n) is 2.57. The maximum atomic E-state index is 11.9. The number of hydrogen-bond donors (Lipinski definition) is 2. The fourth-order valence-electron chi connectivity index (χ4n) is 1.57. The van der Waals surface area contributed by atoms with Crippen molar-refractivity contribution >= 4 is 20.8 Å². The highest BCUT2D eigenvalue weighted by Crippen LogP contribution is 2.10. The summed E-state index contributed by atoms with van der Waals surface area (Å²) in [6, 6.07) is 6.68. The summed E-state index contributed by atoms with van der Waals surface area (Å²) in [5.41, 5.74) is 6.45. The zero-order valence-corrected chi connectivity index (χ0v) is 12.6. The average Bonchev–Trinajstić information content (AvgIpc) is 2.36. The molecular weight excluding hydrogens is 284 g/mol. The Labute approximate surface area is 117 Å². The fourth-order valence-corrected chi connectivity index (χ4v) is 3.19. The molecule has 0 amide bonds. The van der Waals surface area contributed by atoms with Crippen molar-refractivity contribution in [2.75, 3.05) is 25.1 Å². The normalized spacial score (nSPS) is 13.4. The van der Waals surface area contributed by atoms with Crippen molar-refractivity contribution in [1.29, 1.82) is 0 Å². The Morgan fingerprint density at radius 1 is 1.26 bits per heavy atom. The smallest absolute Gasteiger partial charge is 0.240 e. The average molecular weight is 304 g/mol. The Morgan fingerprint density at radius 3 is 2.42 bits per heavy atom. The van der Waals surface area contributed by atoms with Crippen molar-refractivity contribution in [2.45, 2.75) is 17.7 Å². The predicted octanol–water partition coefficient (Wildman–Crippen LogP) is 0.235. The second-order valence-corrected chi connectivity index (χ2v) is 7.53. The summed E-state index contributed by atoms with van der Waals surface area (Å²) in [6.45, 7) is 0.838. The van der Waals surface area contributed by atoms with Crippen LogP contribution in [0.1, 0.15) is 12.0 Å². The van der Waals surface area contributed by atoms with Crippen LogP contribution in [0.4, 0.5) is 0 Å². The second-order valence-electron chi connectivity index (χ2n) is 4.21. The van der Waals surface area contributed by atoms with E-state index in [9.17, 15) is 12.6 Å². The number of rotatable bonds is 8. The molecule has 0 saturated carbocycles. The maximum Gasteiger partial charge on any atom is 0.240 e. The first-order valence-electron chi connectivity index (χ1n) is 6.04. The Kier molecular flexibility index (Phi) is 6.64. The number of sulfonamides is 1. The maximum absolute atomic E-state index is 11.9. The highest BCUT2D eigenvalue weighted by Gasteiger charge is 2.12. The molecule has 1 aromatic carbocycles. The summed E-state index contributed by atoms with van der Waals surface area (Å²) in [6.07, 6.45) is 2.90. The van der Waals surface area contributed by atoms with E-state index in [1.54, 1.807) is 30.5 Å². The van der Waals surface area contributed by atoms with E-state index in [1.807, 2.05) is 0 Å². The summed E-state index contributed by atoms with van der Waals surface area (Å²) in [4.78, 5) is 0.242. The van der Waals surface area contributed by atoms with Gasteiger partial charge in [-0.05, 0) is 37.1 Å². The molecule has 0 aliphatic carbocycles. The van der Waals surface area contributed by atoms with Crippen molar-refractivity contribution in [3.63, 3.8) is 0 Å². The summed E-state index contributed by atoms with van der Waals surface area (Å²) < 4.78 is 37.2. The number of nitrogens with two attached hydrogens (primary N) is 1. The summed E-state index contributed by atoms with van der Waals surface area (Å²) in [5.74, 6) is 0.498. The summed E-state index contributed by atoms with van der Waals surface area (Å²) in [7, 11) is -4.36. The highest BCUT2D eigenvalue weighted by molar-refractivity contribution is 7.89. The van der Waals surface area contributed by atoms with Crippen LogP contribution < -0.4 is 10.5 Å². The van der Waals surface area contributed by atoms with Crippen molar-refractivity contribution in [3.05, 3.63) is 29.8 Å². The van der Waals surface area contributed by atoms with Crippen LogP contribution in [0.15, 0.2) is 29.2 Å². The first-order valence-corrected chi connectivity index (χ1v) is 9.25. The molecule has 5 nitrogen and oxygen atoms in total. The topological polar surface area (TPSA) is 89.3 Å². The fraction of sp³-hybridized carbons (Fsp3) is 0.500. The molecule has 1 atom stereocenters. The molecule has 7 heteroatoms. The zero-order valence-electron chi connectivity index (χ0n) is 11.0. The quantitative estimate of drug-likeness (QED) is 0.673. The molecule has 0 spiro atoms. The van der Waals surface area contributed by atoms with Gasteiger partial charge in [-0.1, -0.05) is 12.1 Å². The summed E-state index contributed by atoms with van der Waals surface area (Å²) in [5, 5.41) is 0. The van der Waals surface area contributed by atoms with Crippen LogP contribution in [-0.2, 0) is 27.2 Å².